The zero-order chi connectivity index (χ0) is 12.7. The molecule has 1 aromatic heterocycles. The largest absolute Gasteiger partial charge is 0.481 e. The number of thiocarbonyl (C=S) groups is 1. The van der Waals surface area contributed by atoms with Crippen LogP contribution in [0.25, 0.3) is 0 Å². The smallest absolute Gasteiger partial charge is 0.218 e. The standard InChI is InChI=1S/C11H13N3OS2/c1-15-10-9(4-2-6-13-10)8-14(11(16)17)7-3-5-12/h2,4,6H,3,7-8H2,1H3,(H,16,17). The Morgan fingerprint density at radius 3 is 3.06 bits per heavy atom. The van der Waals surface area contributed by atoms with Gasteiger partial charge in [-0.05, 0) is 6.07 Å². The Morgan fingerprint density at radius 1 is 1.71 bits per heavy atom. The van der Waals surface area contributed by atoms with E-state index >= 15 is 0 Å². The van der Waals surface area contributed by atoms with Crippen LogP contribution in [0.15, 0.2) is 18.3 Å². The summed E-state index contributed by atoms with van der Waals surface area (Å²) in [7, 11) is 1.57. The Balaban J connectivity index is 2.79. The number of pyridine rings is 1. The molecule has 0 aliphatic rings. The van der Waals surface area contributed by atoms with E-state index in [1.807, 2.05) is 17.0 Å². The van der Waals surface area contributed by atoms with Crippen molar-refractivity contribution in [3.63, 3.8) is 0 Å². The maximum absolute atomic E-state index is 8.58. The first-order valence-corrected chi connectivity index (χ1v) is 5.87. The van der Waals surface area contributed by atoms with Crippen molar-refractivity contribution in [2.45, 2.75) is 13.0 Å². The fourth-order valence-corrected chi connectivity index (χ4v) is 1.69. The summed E-state index contributed by atoms with van der Waals surface area (Å²) < 4.78 is 5.62. The Kier molecular flexibility index (Phi) is 5.73. The van der Waals surface area contributed by atoms with Crippen LogP contribution < -0.4 is 4.74 Å². The van der Waals surface area contributed by atoms with Gasteiger partial charge in [0.05, 0.1) is 19.6 Å². The average molecular weight is 267 g/mol. The summed E-state index contributed by atoms with van der Waals surface area (Å²) >= 11 is 9.17. The van der Waals surface area contributed by atoms with Crippen LogP contribution in [0, 0.1) is 11.3 Å². The van der Waals surface area contributed by atoms with Gasteiger partial charge in [0.15, 0.2) is 0 Å². The molecular formula is C11H13N3OS2. The topological polar surface area (TPSA) is 49.1 Å². The third kappa shape index (κ3) is 4.21. The van der Waals surface area contributed by atoms with E-state index < -0.39 is 0 Å². The first-order valence-electron chi connectivity index (χ1n) is 5.01. The molecule has 0 aliphatic carbocycles. The Hall–Kier alpha value is -1.32. The lowest BCUT2D eigenvalue weighted by atomic mass is 10.2. The molecule has 0 atom stereocenters. The maximum Gasteiger partial charge on any atom is 0.218 e. The number of methoxy groups -OCH3 is 1. The van der Waals surface area contributed by atoms with E-state index in [4.69, 9.17) is 22.2 Å². The van der Waals surface area contributed by atoms with Gasteiger partial charge in [-0.25, -0.2) is 4.98 Å². The van der Waals surface area contributed by atoms with E-state index in [2.05, 4.69) is 23.7 Å². The van der Waals surface area contributed by atoms with Gasteiger partial charge < -0.3 is 9.64 Å². The molecule has 0 saturated carbocycles. The number of aromatic nitrogens is 1. The summed E-state index contributed by atoms with van der Waals surface area (Å²) in [5.74, 6) is 0.569. The minimum Gasteiger partial charge on any atom is -0.481 e. The van der Waals surface area contributed by atoms with Crippen molar-refractivity contribution < 1.29 is 4.74 Å². The molecule has 0 aromatic carbocycles. The Morgan fingerprint density at radius 2 is 2.47 bits per heavy atom. The molecule has 6 heteroatoms. The Bertz CT molecular complexity index is 431. The molecule has 0 amide bonds. The second-order valence-electron chi connectivity index (χ2n) is 3.28. The van der Waals surface area contributed by atoms with Crippen LogP contribution in [0.2, 0.25) is 0 Å². The summed E-state index contributed by atoms with van der Waals surface area (Å²) in [5, 5.41) is 8.58. The van der Waals surface area contributed by atoms with Crippen molar-refractivity contribution in [3.8, 4) is 11.9 Å². The lowest BCUT2D eigenvalue weighted by Crippen LogP contribution is -2.26. The van der Waals surface area contributed by atoms with E-state index in [1.165, 1.54) is 0 Å². The molecule has 0 unspecified atom stereocenters. The first kappa shape index (κ1) is 13.7. The Labute approximate surface area is 112 Å². The number of thiol groups is 1. The van der Waals surface area contributed by atoms with Gasteiger partial charge in [-0.1, -0.05) is 18.3 Å². The van der Waals surface area contributed by atoms with Gasteiger partial charge in [0.2, 0.25) is 5.88 Å². The van der Waals surface area contributed by atoms with Crippen molar-refractivity contribution in [3.05, 3.63) is 23.9 Å². The summed E-state index contributed by atoms with van der Waals surface area (Å²) in [6.45, 7) is 1.10. The van der Waals surface area contributed by atoms with Crippen LogP contribution in [0.3, 0.4) is 0 Å². The first-order chi connectivity index (χ1) is 8.19. The van der Waals surface area contributed by atoms with Crippen LogP contribution in [0.1, 0.15) is 12.0 Å². The minimum absolute atomic E-state index is 0.406. The SMILES string of the molecule is COc1ncccc1CN(CCC#N)C(=S)S. The molecule has 1 rings (SSSR count). The zero-order valence-electron chi connectivity index (χ0n) is 9.46. The number of rotatable bonds is 5. The summed E-state index contributed by atoms with van der Waals surface area (Å²) in [6, 6.07) is 5.83. The fourth-order valence-electron chi connectivity index (χ4n) is 1.36. The average Bonchev–Trinajstić information content (AvgIpc) is 2.34. The highest BCUT2D eigenvalue weighted by Gasteiger charge is 2.10. The van der Waals surface area contributed by atoms with Crippen molar-refractivity contribution in [1.29, 1.82) is 5.26 Å². The van der Waals surface area contributed by atoms with Gasteiger partial charge in [-0.15, -0.1) is 12.6 Å². The summed E-state index contributed by atoms with van der Waals surface area (Å²) in [5.41, 5.74) is 0.921. The van der Waals surface area contributed by atoms with Crippen molar-refractivity contribution in [1.82, 2.24) is 9.88 Å². The van der Waals surface area contributed by atoms with Crippen LogP contribution in [0.5, 0.6) is 5.88 Å². The van der Waals surface area contributed by atoms with Gasteiger partial charge in [0.25, 0.3) is 0 Å². The summed E-state index contributed by atoms with van der Waals surface area (Å²) in [4.78, 5) is 5.94. The zero-order valence-corrected chi connectivity index (χ0v) is 11.2. The molecular weight excluding hydrogens is 254 g/mol. The van der Waals surface area contributed by atoms with Crippen LogP contribution >= 0.6 is 24.8 Å². The van der Waals surface area contributed by atoms with Gasteiger partial charge >= 0.3 is 0 Å². The van der Waals surface area contributed by atoms with Crippen molar-refractivity contribution in [2.24, 2.45) is 0 Å². The molecule has 0 radical (unpaired) electrons. The third-order valence-corrected chi connectivity index (χ3v) is 2.71. The van der Waals surface area contributed by atoms with Crippen LogP contribution in [-0.2, 0) is 6.54 Å². The monoisotopic (exact) mass is 267 g/mol. The lowest BCUT2D eigenvalue weighted by molar-refractivity contribution is 0.374. The number of nitrogens with zero attached hydrogens (tertiary/aromatic N) is 3. The van der Waals surface area contributed by atoms with E-state index in [9.17, 15) is 0 Å². The highest BCUT2D eigenvalue weighted by Crippen LogP contribution is 2.17. The molecule has 0 aliphatic heterocycles. The van der Waals surface area contributed by atoms with Crippen molar-refractivity contribution in [2.75, 3.05) is 13.7 Å². The molecule has 0 saturated heterocycles. The number of nitriles is 1. The molecule has 0 fully saturated rings. The molecule has 0 N–H and O–H groups in total. The van der Waals surface area contributed by atoms with Gasteiger partial charge in [-0.3, -0.25) is 0 Å². The van der Waals surface area contributed by atoms with E-state index in [0.717, 1.165) is 5.56 Å². The molecule has 0 spiro atoms. The molecule has 90 valence electrons. The maximum atomic E-state index is 8.58. The minimum atomic E-state index is 0.406. The number of hydrogen-bond acceptors (Lipinski definition) is 4. The lowest BCUT2D eigenvalue weighted by Gasteiger charge is -2.22. The normalized spacial score (nSPS) is 9.47. The predicted octanol–water partition coefficient (Wildman–Crippen LogP) is 2.02. The second-order valence-corrected chi connectivity index (χ2v) is 4.40. The number of ether oxygens (including phenoxy) is 1. The van der Waals surface area contributed by atoms with Gasteiger partial charge in [-0.2, -0.15) is 5.26 Å². The number of hydrogen-bond donors (Lipinski definition) is 1. The second kappa shape index (κ2) is 7.09. The predicted molar refractivity (Wildman–Crippen MR) is 73.0 cm³/mol. The summed E-state index contributed by atoms with van der Waals surface area (Å²) in [6.07, 6.45) is 2.07. The molecule has 1 heterocycles. The molecule has 17 heavy (non-hydrogen) atoms. The quantitative estimate of drug-likeness (QED) is 0.653. The highest BCUT2D eigenvalue weighted by molar-refractivity contribution is 8.10. The van der Waals surface area contributed by atoms with Crippen LogP contribution in [0.4, 0.5) is 0 Å². The van der Waals surface area contributed by atoms with E-state index in [0.29, 0.717) is 29.7 Å². The van der Waals surface area contributed by atoms with Gasteiger partial charge in [0.1, 0.15) is 4.32 Å². The van der Waals surface area contributed by atoms with E-state index in [1.54, 1.807) is 13.3 Å². The third-order valence-electron chi connectivity index (χ3n) is 2.17. The van der Waals surface area contributed by atoms with Crippen LogP contribution in [-0.4, -0.2) is 27.9 Å². The highest BCUT2D eigenvalue weighted by atomic mass is 32.1. The van der Waals surface area contributed by atoms with Crippen molar-refractivity contribution >= 4 is 29.2 Å². The molecule has 4 nitrogen and oxygen atoms in total. The molecule has 1 aromatic rings. The fraction of sp³-hybridized carbons (Fsp3) is 0.364. The van der Waals surface area contributed by atoms with E-state index in [-0.39, 0.29) is 0 Å². The molecule has 0 bridgehead atoms. The van der Waals surface area contributed by atoms with Gasteiger partial charge in [0, 0.05) is 24.8 Å².